The topological polar surface area (TPSA) is 66.5 Å². The maximum absolute atomic E-state index is 12.6. The summed E-state index contributed by atoms with van der Waals surface area (Å²) in [7, 11) is -0.104. The Morgan fingerprint density at radius 3 is 2.42 bits per heavy atom. The van der Waals surface area contributed by atoms with Gasteiger partial charge in [-0.1, -0.05) is 13.8 Å². The molecule has 7 nitrogen and oxygen atoms in total. The minimum absolute atomic E-state index is 0.268. The van der Waals surface area contributed by atoms with E-state index < -0.39 is 20.1 Å². The Balaban J connectivity index is 2.09. The standard InChI is InChI=1S/C11H22NO6P/c1-5-12(6-2)19(13)17-10-9(15-4)8(7-14-3)16-11(10)18-19/h8-11H,5-7H2,1-4H3/t8-,9+,10-,11-,19?/m1/s1. The molecule has 2 rings (SSSR count). The molecule has 0 spiro atoms. The minimum atomic E-state index is -3.27. The van der Waals surface area contributed by atoms with Crippen LogP contribution in [-0.2, 0) is 27.8 Å². The Bertz CT molecular complexity index is 350. The molecule has 0 aromatic carbocycles. The van der Waals surface area contributed by atoms with Crippen molar-refractivity contribution in [1.29, 1.82) is 0 Å². The zero-order chi connectivity index (χ0) is 14.0. The summed E-state index contributed by atoms with van der Waals surface area (Å²) in [4.78, 5) is 0. The van der Waals surface area contributed by atoms with E-state index in [-0.39, 0.29) is 12.2 Å². The molecule has 0 aliphatic carbocycles. The highest BCUT2D eigenvalue weighted by Gasteiger charge is 2.58. The van der Waals surface area contributed by atoms with Crippen molar-refractivity contribution in [3.05, 3.63) is 0 Å². The number of methoxy groups -OCH3 is 2. The summed E-state index contributed by atoms with van der Waals surface area (Å²) in [5.41, 5.74) is 0. The molecule has 2 heterocycles. The first kappa shape index (κ1) is 15.4. The SMILES string of the molecule is CCN(CC)P1(=O)O[C@H]2O[C@H](COC)[C@H](OC)[C@H]2O1. The van der Waals surface area contributed by atoms with Gasteiger partial charge < -0.3 is 14.2 Å². The van der Waals surface area contributed by atoms with Gasteiger partial charge in [-0.05, 0) is 0 Å². The lowest BCUT2D eigenvalue weighted by atomic mass is 10.1. The number of hydrogen-bond acceptors (Lipinski definition) is 6. The molecule has 0 amide bonds. The molecular formula is C11H22NO6P. The third-order valence-electron chi connectivity index (χ3n) is 3.44. The average Bonchev–Trinajstić information content (AvgIpc) is 2.84. The van der Waals surface area contributed by atoms with Crippen LogP contribution < -0.4 is 0 Å². The van der Waals surface area contributed by atoms with E-state index >= 15 is 0 Å². The first-order chi connectivity index (χ1) is 9.09. The van der Waals surface area contributed by atoms with Crippen LogP contribution in [0, 0.1) is 0 Å². The lowest BCUT2D eigenvalue weighted by Crippen LogP contribution is -2.36. The van der Waals surface area contributed by atoms with Crippen molar-refractivity contribution in [2.75, 3.05) is 33.9 Å². The molecule has 112 valence electrons. The van der Waals surface area contributed by atoms with Gasteiger partial charge in [0.15, 0.2) is 6.29 Å². The highest BCUT2D eigenvalue weighted by Crippen LogP contribution is 2.61. The van der Waals surface area contributed by atoms with Crippen LogP contribution >= 0.6 is 7.75 Å². The van der Waals surface area contributed by atoms with Crippen LogP contribution in [0.15, 0.2) is 0 Å². The van der Waals surface area contributed by atoms with Crippen LogP contribution in [0.1, 0.15) is 13.8 Å². The lowest BCUT2D eigenvalue weighted by Gasteiger charge is -2.26. The molecule has 0 N–H and O–H groups in total. The summed E-state index contributed by atoms with van der Waals surface area (Å²) in [6.07, 6.45) is -1.74. The molecule has 5 atom stereocenters. The third kappa shape index (κ3) is 2.74. The molecule has 1 unspecified atom stereocenters. The fraction of sp³-hybridized carbons (Fsp3) is 1.00. The fourth-order valence-electron chi connectivity index (χ4n) is 2.49. The molecule has 8 heteroatoms. The molecular weight excluding hydrogens is 273 g/mol. The highest BCUT2D eigenvalue weighted by molar-refractivity contribution is 7.51. The first-order valence-corrected chi connectivity index (χ1v) is 7.98. The van der Waals surface area contributed by atoms with Gasteiger partial charge >= 0.3 is 7.75 Å². The Hall–Kier alpha value is -0.0100. The molecule has 2 aliphatic heterocycles. The Morgan fingerprint density at radius 2 is 1.89 bits per heavy atom. The molecule has 2 fully saturated rings. The molecule has 2 aliphatic rings. The van der Waals surface area contributed by atoms with Crippen LogP contribution in [0.25, 0.3) is 0 Å². The second-order valence-electron chi connectivity index (χ2n) is 4.48. The molecule has 2 saturated heterocycles. The van der Waals surface area contributed by atoms with Gasteiger partial charge in [-0.25, -0.2) is 9.24 Å². The predicted octanol–water partition coefficient (Wildman–Crippen LogP) is 1.24. The Kier molecular flexibility index (Phi) is 5.00. The van der Waals surface area contributed by atoms with E-state index in [2.05, 4.69) is 0 Å². The molecule has 0 saturated carbocycles. The van der Waals surface area contributed by atoms with E-state index in [1.54, 1.807) is 18.9 Å². The molecule has 19 heavy (non-hydrogen) atoms. The average molecular weight is 295 g/mol. The van der Waals surface area contributed by atoms with E-state index in [1.165, 1.54) is 0 Å². The number of ether oxygens (including phenoxy) is 3. The second kappa shape index (κ2) is 6.18. The molecule has 0 radical (unpaired) electrons. The summed E-state index contributed by atoms with van der Waals surface area (Å²) < 4.78 is 41.6. The zero-order valence-corrected chi connectivity index (χ0v) is 12.7. The van der Waals surface area contributed by atoms with Crippen molar-refractivity contribution in [2.45, 2.75) is 38.4 Å². The van der Waals surface area contributed by atoms with Crippen molar-refractivity contribution < 1.29 is 27.8 Å². The summed E-state index contributed by atoms with van der Waals surface area (Å²) in [5, 5.41) is 0. The maximum atomic E-state index is 12.6. The summed E-state index contributed by atoms with van der Waals surface area (Å²) >= 11 is 0. The number of rotatable bonds is 6. The van der Waals surface area contributed by atoms with Gasteiger partial charge in [-0.2, -0.15) is 0 Å². The minimum Gasteiger partial charge on any atom is -0.382 e. The van der Waals surface area contributed by atoms with Crippen LogP contribution in [0.3, 0.4) is 0 Å². The number of nitrogens with zero attached hydrogens (tertiary/aromatic N) is 1. The highest BCUT2D eigenvalue weighted by atomic mass is 31.2. The number of hydrogen-bond donors (Lipinski definition) is 0. The Labute approximate surface area is 113 Å². The second-order valence-corrected chi connectivity index (χ2v) is 6.41. The quantitative estimate of drug-likeness (QED) is 0.683. The van der Waals surface area contributed by atoms with Gasteiger partial charge in [0.05, 0.1) is 6.61 Å². The zero-order valence-electron chi connectivity index (χ0n) is 11.8. The third-order valence-corrected chi connectivity index (χ3v) is 5.68. The van der Waals surface area contributed by atoms with Crippen LogP contribution in [0.4, 0.5) is 0 Å². The monoisotopic (exact) mass is 295 g/mol. The lowest BCUT2D eigenvalue weighted by molar-refractivity contribution is -0.0986. The van der Waals surface area contributed by atoms with Gasteiger partial charge in [0.2, 0.25) is 0 Å². The van der Waals surface area contributed by atoms with Crippen molar-refractivity contribution in [3.63, 3.8) is 0 Å². The van der Waals surface area contributed by atoms with Crippen molar-refractivity contribution in [2.24, 2.45) is 0 Å². The molecule has 0 bridgehead atoms. The van der Waals surface area contributed by atoms with E-state index in [1.807, 2.05) is 13.8 Å². The van der Waals surface area contributed by atoms with Crippen molar-refractivity contribution >= 4 is 7.75 Å². The fourth-order valence-corrected chi connectivity index (χ4v) is 4.45. The van der Waals surface area contributed by atoms with Gasteiger partial charge in [0, 0.05) is 27.3 Å². The van der Waals surface area contributed by atoms with Crippen LogP contribution in [-0.4, -0.2) is 63.2 Å². The molecule has 0 aromatic rings. The largest absolute Gasteiger partial charge is 0.411 e. The van der Waals surface area contributed by atoms with Gasteiger partial charge in [0.1, 0.15) is 18.3 Å². The first-order valence-electron chi connectivity index (χ1n) is 6.49. The van der Waals surface area contributed by atoms with E-state index in [4.69, 9.17) is 23.3 Å². The number of fused-ring (bicyclic) bond motifs is 1. The molecule has 0 aromatic heterocycles. The van der Waals surface area contributed by atoms with E-state index in [0.29, 0.717) is 19.7 Å². The van der Waals surface area contributed by atoms with Crippen LogP contribution in [0.5, 0.6) is 0 Å². The van der Waals surface area contributed by atoms with E-state index in [9.17, 15) is 4.57 Å². The Morgan fingerprint density at radius 1 is 1.21 bits per heavy atom. The summed E-state index contributed by atoms with van der Waals surface area (Å²) in [6.45, 7) is 5.38. The van der Waals surface area contributed by atoms with Crippen molar-refractivity contribution in [3.8, 4) is 0 Å². The van der Waals surface area contributed by atoms with Crippen molar-refractivity contribution in [1.82, 2.24) is 4.67 Å². The van der Waals surface area contributed by atoms with E-state index in [0.717, 1.165) is 0 Å². The van der Waals surface area contributed by atoms with Gasteiger partial charge in [0.25, 0.3) is 0 Å². The smallest absolute Gasteiger partial charge is 0.382 e. The summed E-state index contributed by atoms with van der Waals surface area (Å²) in [6, 6.07) is 0. The predicted molar refractivity (Wildman–Crippen MR) is 67.8 cm³/mol. The maximum Gasteiger partial charge on any atom is 0.411 e. The summed E-state index contributed by atoms with van der Waals surface area (Å²) in [5.74, 6) is 0. The van der Waals surface area contributed by atoms with Gasteiger partial charge in [-0.15, -0.1) is 0 Å². The normalized spacial score (nSPS) is 41.9. The van der Waals surface area contributed by atoms with Crippen LogP contribution in [0.2, 0.25) is 0 Å². The van der Waals surface area contributed by atoms with Gasteiger partial charge in [-0.3, -0.25) is 9.05 Å².